The van der Waals surface area contributed by atoms with Crippen LogP contribution in [-0.2, 0) is 0 Å². The maximum atomic E-state index is 5.52. The molecule has 3 N–H and O–H groups in total. The average Bonchev–Trinajstić information content (AvgIpc) is 2.50. The van der Waals surface area contributed by atoms with Gasteiger partial charge in [-0.25, -0.2) is 0 Å². The lowest BCUT2D eigenvalue weighted by molar-refractivity contribution is 0.687. The summed E-state index contributed by atoms with van der Waals surface area (Å²) in [5, 5.41) is 3.29. The van der Waals surface area contributed by atoms with Gasteiger partial charge in [-0.15, -0.1) is 0 Å². The molecule has 0 bridgehead atoms. The lowest BCUT2D eigenvalue weighted by Crippen LogP contribution is -2.11. The number of allylic oxidation sites excluding steroid dienone is 4. The maximum absolute atomic E-state index is 5.52. The largest absolute Gasteiger partial charge is 0.365 e. The third kappa shape index (κ3) is 1.18. The second-order valence-corrected chi connectivity index (χ2v) is 3.24. The van der Waals surface area contributed by atoms with Crippen LogP contribution < -0.4 is 11.1 Å². The second-order valence-electron chi connectivity index (χ2n) is 3.24. The van der Waals surface area contributed by atoms with E-state index in [9.17, 15) is 0 Å². The van der Waals surface area contributed by atoms with Crippen molar-refractivity contribution in [3.63, 3.8) is 0 Å². The van der Waals surface area contributed by atoms with Gasteiger partial charge in [-0.2, -0.15) is 0 Å². The van der Waals surface area contributed by atoms with E-state index in [2.05, 4.69) is 29.7 Å². The van der Waals surface area contributed by atoms with Gasteiger partial charge in [-0.1, -0.05) is 12.2 Å². The Kier molecular flexibility index (Phi) is 2.00. The van der Waals surface area contributed by atoms with E-state index in [1.807, 2.05) is 0 Å². The quantitative estimate of drug-likeness (QED) is 0.642. The van der Waals surface area contributed by atoms with E-state index in [-0.39, 0.29) is 0 Å². The van der Waals surface area contributed by atoms with E-state index in [4.69, 9.17) is 5.73 Å². The molecule has 0 saturated carbocycles. The molecule has 1 unspecified atom stereocenters. The molecule has 0 aromatic carbocycles. The highest BCUT2D eigenvalue weighted by Gasteiger charge is 2.23. The summed E-state index contributed by atoms with van der Waals surface area (Å²) >= 11 is 0. The van der Waals surface area contributed by atoms with Crippen LogP contribution in [0.2, 0.25) is 0 Å². The van der Waals surface area contributed by atoms with Crippen molar-refractivity contribution in [1.29, 1.82) is 0 Å². The zero-order valence-electron chi connectivity index (χ0n) is 7.09. The minimum Gasteiger partial charge on any atom is -0.365 e. The van der Waals surface area contributed by atoms with Crippen LogP contribution in [0.4, 0.5) is 0 Å². The van der Waals surface area contributed by atoms with Gasteiger partial charge in [0.2, 0.25) is 0 Å². The predicted octanol–water partition coefficient (Wildman–Crippen LogP) is 1.28. The summed E-state index contributed by atoms with van der Waals surface area (Å²) in [6.45, 7) is 0.751. The molecule has 0 aromatic heterocycles. The third-order valence-corrected chi connectivity index (χ3v) is 2.46. The van der Waals surface area contributed by atoms with Gasteiger partial charge in [0.1, 0.15) is 0 Å². The molecule has 1 aliphatic heterocycles. The normalized spacial score (nSPS) is 25.9. The first kappa shape index (κ1) is 7.62. The van der Waals surface area contributed by atoms with Crippen LogP contribution in [0, 0.1) is 5.92 Å². The fourth-order valence-electron chi connectivity index (χ4n) is 1.82. The molecule has 1 aliphatic carbocycles. The summed E-state index contributed by atoms with van der Waals surface area (Å²) < 4.78 is 0. The SMILES string of the molecule is NCCC1=CNC2=CC=CCC12. The Labute approximate surface area is 72.8 Å². The molecule has 0 fully saturated rings. The van der Waals surface area contributed by atoms with Gasteiger partial charge in [-0.3, -0.25) is 0 Å². The van der Waals surface area contributed by atoms with Crippen LogP contribution in [0.3, 0.4) is 0 Å². The molecule has 0 aromatic rings. The molecule has 2 aliphatic rings. The van der Waals surface area contributed by atoms with Crippen molar-refractivity contribution < 1.29 is 0 Å². The Hall–Kier alpha value is -1.02. The average molecular weight is 162 g/mol. The topological polar surface area (TPSA) is 38.0 Å². The van der Waals surface area contributed by atoms with Crippen molar-refractivity contribution in [1.82, 2.24) is 5.32 Å². The van der Waals surface area contributed by atoms with E-state index < -0.39 is 0 Å². The van der Waals surface area contributed by atoms with Gasteiger partial charge in [-0.05, 0) is 31.0 Å². The minimum atomic E-state index is 0.596. The summed E-state index contributed by atoms with van der Waals surface area (Å²) in [4.78, 5) is 0. The summed E-state index contributed by atoms with van der Waals surface area (Å²) in [6.07, 6.45) is 10.7. The zero-order valence-corrected chi connectivity index (χ0v) is 7.09. The molecule has 1 heterocycles. The first-order valence-corrected chi connectivity index (χ1v) is 4.44. The third-order valence-electron chi connectivity index (χ3n) is 2.46. The first-order valence-electron chi connectivity index (χ1n) is 4.44. The van der Waals surface area contributed by atoms with E-state index in [0.717, 1.165) is 19.4 Å². The predicted molar refractivity (Wildman–Crippen MR) is 50.2 cm³/mol. The lowest BCUT2D eigenvalue weighted by atomic mass is 9.90. The molecule has 2 heteroatoms. The maximum Gasteiger partial charge on any atom is 0.0252 e. The van der Waals surface area contributed by atoms with Gasteiger partial charge in [0.25, 0.3) is 0 Å². The zero-order chi connectivity index (χ0) is 8.39. The highest BCUT2D eigenvalue weighted by Crippen LogP contribution is 2.31. The van der Waals surface area contributed by atoms with Crippen molar-refractivity contribution in [2.45, 2.75) is 12.8 Å². The Morgan fingerprint density at radius 1 is 1.58 bits per heavy atom. The van der Waals surface area contributed by atoms with Crippen LogP contribution in [0.25, 0.3) is 0 Å². The standard InChI is InChI=1S/C10H14N2/c11-6-5-8-7-12-10-4-2-1-3-9(8)10/h1-2,4,7,9,12H,3,5-6,11H2. The molecule has 0 radical (unpaired) electrons. The van der Waals surface area contributed by atoms with Gasteiger partial charge < -0.3 is 11.1 Å². The van der Waals surface area contributed by atoms with Crippen LogP contribution in [0.5, 0.6) is 0 Å². The highest BCUT2D eigenvalue weighted by atomic mass is 14.9. The highest BCUT2D eigenvalue weighted by molar-refractivity contribution is 5.34. The van der Waals surface area contributed by atoms with Gasteiger partial charge in [0.15, 0.2) is 0 Å². The van der Waals surface area contributed by atoms with Crippen molar-refractivity contribution in [2.75, 3.05) is 6.54 Å². The summed E-state index contributed by atoms with van der Waals surface area (Å²) in [5.41, 5.74) is 8.31. The molecular weight excluding hydrogens is 148 g/mol. The molecule has 2 nitrogen and oxygen atoms in total. The fourth-order valence-corrected chi connectivity index (χ4v) is 1.82. The number of rotatable bonds is 2. The first-order chi connectivity index (χ1) is 5.92. The Bertz CT molecular complexity index is 261. The molecular formula is C10H14N2. The van der Waals surface area contributed by atoms with Crippen molar-refractivity contribution >= 4 is 0 Å². The molecule has 64 valence electrons. The Morgan fingerprint density at radius 3 is 3.33 bits per heavy atom. The Morgan fingerprint density at radius 2 is 2.50 bits per heavy atom. The Balaban J connectivity index is 2.11. The summed E-state index contributed by atoms with van der Waals surface area (Å²) in [6, 6.07) is 0. The van der Waals surface area contributed by atoms with Crippen LogP contribution in [-0.4, -0.2) is 6.54 Å². The van der Waals surface area contributed by atoms with Crippen LogP contribution >= 0.6 is 0 Å². The van der Waals surface area contributed by atoms with Crippen molar-refractivity contribution in [3.8, 4) is 0 Å². The molecule has 12 heavy (non-hydrogen) atoms. The smallest absolute Gasteiger partial charge is 0.0252 e. The number of fused-ring (bicyclic) bond motifs is 1. The fraction of sp³-hybridized carbons (Fsp3) is 0.400. The number of nitrogens with one attached hydrogen (secondary N) is 1. The van der Waals surface area contributed by atoms with Crippen LogP contribution in [0.1, 0.15) is 12.8 Å². The van der Waals surface area contributed by atoms with Crippen LogP contribution in [0.15, 0.2) is 35.7 Å². The molecule has 0 spiro atoms. The lowest BCUT2D eigenvalue weighted by Gasteiger charge is -2.16. The van der Waals surface area contributed by atoms with Crippen molar-refractivity contribution in [3.05, 3.63) is 35.7 Å². The summed E-state index contributed by atoms with van der Waals surface area (Å²) in [5.74, 6) is 0.596. The number of hydrogen-bond acceptors (Lipinski definition) is 2. The van der Waals surface area contributed by atoms with Gasteiger partial charge in [0, 0.05) is 17.8 Å². The monoisotopic (exact) mass is 162 g/mol. The summed E-state index contributed by atoms with van der Waals surface area (Å²) in [7, 11) is 0. The van der Waals surface area contributed by atoms with Crippen molar-refractivity contribution in [2.24, 2.45) is 11.7 Å². The molecule has 0 amide bonds. The van der Waals surface area contributed by atoms with E-state index >= 15 is 0 Å². The number of nitrogens with two attached hydrogens (primary N) is 1. The second kappa shape index (κ2) is 3.15. The van der Waals surface area contributed by atoms with Gasteiger partial charge >= 0.3 is 0 Å². The van der Waals surface area contributed by atoms with E-state index in [1.165, 1.54) is 11.3 Å². The number of hydrogen-bond donors (Lipinski definition) is 2. The molecule has 1 atom stereocenters. The van der Waals surface area contributed by atoms with Gasteiger partial charge in [0.05, 0.1) is 0 Å². The minimum absolute atomic E-state index is 0.596. The molecule has 2 rings (SSSR count). The molecule has 0 saturated heterocycles. The van der Waals surface area contributed by atoms with E-state index in [1.54, 1.807) is 0 Å². The van der Waals surface area contributed by atoms with E-state index in [0.29, 0.717) is 5.92 Å².